The molecule has 0 amide bonds. The molecule has 1 N–H and O–H groups in total. The minimum Gasteiger partial charge on any atom is -0.293 e. The first-order valence-electron chi connectivity index (χ1n) is 9.19. The quantitative estimate of drug-likeness (QED) is 0.488. The summed E-state index contributed by atoms with van der Waals surface area (Å²) in [7, 11) is -3.64. The van der Waals surface area contributed by atoms with Crippen LogP contribution in [-0.4, -0.2) is 37.7 Å². The Morgan fingerprint density at radius 2 is 1.96 bits per heavy atom. The van der Waals surface area contributed by atoms with Crippen LogP contribution in [-0.2, 0) is 10.0 Å². The number of rotatable bonds is 5. The molecule has 26 heavy (non-hydrogen) atoms. The number of piperidine rings is 1. The van der Waals surface area contributed by atoms with Crippen LogP contribution >= 0.6 is 0 Å². The third-order valence-corrected chi connectivity index (χ3v) is 6.82. The lowest BCUT2D eigenvalue weighted by atomic mass is 9.67. The highest BCUT2D eigenvalue weighted by Gasteiger charge is 2.45. The van der Waals surface area contributed by atoms with Crippen molar-refractivity contribution in [3.8, 4) is 0 Å². The molecule has 0 radical (unpaired) electrons. The zero-order valence-electron chi connectivity index (χ0n) is 16.2. The second-order valence-corrected chi connectivity index (χ2v) is 9.90. The second-order valence-electron chi connectivity index (χ2n) is 8.24. The van der Waals surface area contributed by atoms with Crippen LogP contribution < -0.4 is 4.83 Å². The van der Waals surface area contributed by atoms with E-state index in [4.69, 9.17) is 0 Å². The predicted octanol–water partition coefficient (Wildman–Crippen LogP) is 3.32. The molecule has 2 heterocycles. The first-order chi connectivity index (χ1) is 12.1. The molecule has 1 aliphatic carbocycles. The summed E-state index contributed by atoms with van der Waals surface area (Å²) in [6.45, 7) is 11.6. The van der Waals surface area contributed by atoms with E-state index in [-0.39, 0.29) is 22.3 Å². The number of fused-ring (bicyclic) bond motifs is 2. The number of hydrazone groups is 1. The number of nitrogens with zero attached hydrogens (tertiary/aromatic N) is 2. The smallest absolute Gasteiger partial charge is 0.276 e. The highest BCUT2D eigenvalue weighted by molar-refractivity contribution is 7.89. The zero-order valence-corrected chi connectivity index (χ0v) is 17.0. The summed E-state index contributed by atoms with van der Waals surface area (Å²) >= 11 is 0. The Kier molecular flexibility index (Phi) is 5.01. The molecule has 3 unspecified atom stereocenters. The fourth-order valence-corrected chi connectivity index (χ4v) is 4.91. The first-order valence-corrected chi connectivity index (χ1v) is 10.7. The second kappa shape index (κ2) is 6.82. The zero-order chi connectivity index (χ0) is 19.1. The largest absolute Gasteiger partial charge is 0.293 e. The van der Waals surface area contributed by atoms with E-state index in [0.29, 0.717) is 6.04 Å². The van der Waals surface area contributed by atoms with E-state index in [2.05, 4.69) is 47.8 Å². The summed E-state index contributed by atoms with van der Waals surface area (Å²) in [5, 5.41) is 4.28. The summed E-state index contributed by atoms with van der Waals surface area (Å²) in [6.07, 6.45) is 5.58. The molecule has 1 saturated heterocycles. The first kappa shape index (κ1) is 19.1. The highest BCUT2D eigenvalue weighted by atomic mass is 32.2. The van der Waals surface area contributed by atoms with Gasteiger partial charge in [-0.25, -0.2) is 4.83 Å². The third-order valence-electron chi connectivity index (χ3n) is 5.59. The van der Waals surface area contributed by atoms with Gasteiger partial charge in [0.1, 0.15) is 0 Å². The molecular weight excluding hydrogens is 346 g/mol. The maximum Gasteiger partial charge on any atom is 0.276 e. The van der Waals surface area contributed by atoms with E-state index in [1.807, 2.05) is 13.8 Å². The maximum atomic E-state index is 12.5. The van der Waals surface area contributed by atoms with Gasteiger partial charge < -0.3 is 0 Å². The Morgan fingerprint density at radius 1 is 1.31 bits per heavy atom. The highest BCUT2D eigenvalue weighted by Crippen LogP contribution is 2.44. The molecule has 1 fully saturated rings. The van der Waals surface area contributed by atoms with Crippen molar-refractivity contribution in [3.63, 3.8) is 0 Å². The van der Waals surface area contributed by atoms with Gasteiger partial charge in [-0.05, 0) is 51.7 Å². The van der Waals surface area contributed by atoms with Gasteiger partial charge in [0, 0.05) is 30.3 Å². The fourth-order valence-electron chi connectivity index (χ4n) is 4.04. The van der Waals surface area contributed by atoms with Gasteiger partial charge in [-0.1, -0.05) is 36.8 Å². The molecule has 0 aromatic heterocycles. The summed E-state index contributed by atoms with van der Waals surface area (Å²) in [6, 6.07) is 7.52. The van der Waals surface area contributed by atoms with E-state index in [9.17, 15) is 8.42 Å². The third kappa shape index (κ3) is 3.71. The lowest BCUT2D eigenvalue weighted by Crippen LogP contribution is -2.58. The summed E-state index contributed by atoms with van der Waals surface area (Å²) in [5.41, 5.74) is 1.98. The lowest BCUT2D eigenvalue weighted by Gasteiger charge is -2.53. The van der Waals surface area contributed by atoms with Crippen molar-refractivity contribution < 1.29 is 8.42 Å². The van der Waals surface area contributed by atoms with E-state index in [0.717, 1.165) is 24.2 Å². The van der Waals surface area contributed by atoms with Gasteiger partial charge in [0.25, 0.3) is 10.0 Å². The van der Waals surface area contributed by atoms with Gasteiger partial charge in [-0.15, -0.1) is 0 Å². The summed E-state index contributed by atoms with van der Waals surface area (Å²) in [4.78, 5) is 5.15. The van der Waals surface area contributed by atoms with Gasteiger partial charge in [0.05, 0.1) is 4.90 Å². The van der Waals surface area contributed by atoms with Gasteiger partial charge in [-0.3, -0.25) is 4.90 Å². The molecule has 5 nitrogen and oxygen atoms in total. The van der Waals surface area contributed by atoms with Crippen LogP contribution in [0.25, 0.3) is 0 Å². The molecule has 6 heteroatoms. The Balaban J connectivity index is 1.79. The van der Waals surface area contributed by atoms with E-state index < -0.39 is 10.0 Å². The molecule has 1 aromatic carbocycles. The van der Waals surface area contributed by atoms with Crippen LogP contribution in [0.3, 0.4) is 0 Å². The minimum absolute atomic E-state index is 0.121. The standard InChI is InChI=1S/C20H29N3O2S/c1-14(2)23-13-20(5)11-10-19(23)18(12-20)16(4)21-22-26(24,25)17-8-6-15(3)7-9-17/h6-11,14,18-19,22H,12-13H2,1-5H3/b21-16+. The van der Waals surface area contributed by atoms with E-state index in [1.54, 1.807) is 24.3 Å². The average Bonchev–Trinajstić information content (AvgIpc) is 2.59. The van der Waals surface area contributed by atoms with Crippen LogP contribution in [0.2, 0.25) is 0 Å². The van der Waals surface area contributed by atoms with Crippen LogP contribution in [0.4, 0.5) is 0 Å². The molecule has 2 bridgehead atoms. The lowest BCUT2D eigenvalue weighted by molar-refractivity contribution is 0.0371. The molecular formula is C20H29N3O2S. The number of aryl methyl sites for hydroxylation is 1. The van der Waals surface area contributed by atoms with Crippen molar-refractivity contribution in [2.45, 2.75) is 58.0 Å². The predicted molar refractivity (Wildman–Crippen MR) is 106 cm³/mol. The SMILES string of the molecule is C/C(=N\NS(=O)(=O)c1ccc(C)cc1)C1CC2(C)C=CC1N(C(C)C)C2. The van der Waals surface area contributed by atoms with Crippen molar-refractivity contribution in [2.75, 3.05) is 6.54 Å². The molecule has 4 rings (SSSR count). The Labute approximate surface area is 157 Å². The number of nitrogens with one attached hydrogen (secondary N) is 1. The molecule has 2 aliphatic heterocycles. The number of hydrogen-bond donors (Lipinski definition) is 1. The molecule has 1 aromatic rings. The van der Waals surface area contributed by atoms with Crippen LogP contribution in [0.1, 0.15) is 39.7 Å². The minimum atomic E-state index is -3.64. The van der Waals surface area contributed by atoms with Crippen molar-refractivity contribution in [1.82, 2.24) is 9.73 Å². The summed E-state index contributed by atoms with van der Waals surface area (Å²) < 4.78 is 25.0. The Hall–Kier alpha value is -1.66. The van der Waals surface area contributed by atoms with Crippen molar-refractivity contribution in [1.29, 1.82) is 0 Å². The van der Waals surface area contributed by atoms with Crippen molar-refractivity contribution in [3.05, 3.63) is 42.0 Å². The Morgan fingerprint density at radius 3 is 2.54 bits per heavy atom. The summed E-state index contributed by atoms with van der Waals surface area (Å²) in [5.74, 6) is 0.224. The average molecular weight is 376 g/mol. The van der Waals surface area contributed by atoms with Gasteiger partial charge in [0.2, 0.25) is 0 Å². The number of sulfonamides is 1. The van der Waals surface area contributed by atoms with Gasteiger partial charge in [0.15, 0.2) is 0 Å². The van der Waals surface area contributed by atoms with E-state index >= 15 is 0 Å². The molecule has 142 valence electrons. The monoisotopic (exact) mass is 375 g/mol. The fraction of sp³-hybridized carbons (Fsp3) is 0.550. The number of hydrogen-bond acceptors (Lipinski definition) is 4. The van der Waals surface area contributed by atoms with Crippen LogP contribution in [0, 0.1) is 18.3 Å². The molecule has 0 saturated carbocycles. The topological polar surface area (TPSA) is 61.8 Å². The maximum absolute atomic E-state index is 12.5. The van der Waals surface area contributed by atoms with Crippen molar-refractivity contribution >= 4 is 15.7 Å². The van der Waals surface area contributed by atoms with Crippen LogP contribution in [0.15, 0.2) is 46.4 Å². The van der Waals surface area contributed by atoms with Crippen LogP contribution in [0.5, 0.6) is 0 Å². The molecule has 3 aliphatic rings. The van der Waals surface area contributed by atoms with Gasteiger partial charge >= 0.3 is 0 Å². The molecule has 0 spiro atoms. The van der Waals surface area contributed by atoms with Crippen molar-refractivity contribution in [2.24, 2.45) is 16.4 Å². The van der Waals surface area contributed by atoms with Gasteiger partial charge in [-0.2, -0.15) is 13.5 Å². The van der Waals surface area contributed by atoms with E-state index in [1.165, 1.54) is 0 Å². The normalized spacial score (nSPS) is 29.4. The Bertz CT molecular complexity index is 827. The molecule has 3 atom stereocenters. The number of benzene rings is 1.